The highest BCUT2D eigenvalue weighted by Gasteiger charge is 2.32. The summed E-state index contributed by atoms with van der Waals surface area (Å²) in [4.78, 5) is 0.827. The standard InChI is InChI=1S/C15H17NOS/c1-11-6-8-13(9-7-11)18(17)15-5-3-4-12(2)14(15)10-16/h3-4,6-9,12,14-15H,5H2,1-2H3/t12-,14-,15+,18?/m1/s1. The summed E-state index contributed by atoms with van der Waals surface area (Å²) < 4.78 is 12.6. The number of hydrogen-bond acceptors (Lipinski definition) is 2. The van der Waals surface area contributed by atoms with Crippen molar-refractivity contribution in [2.45, 2.75) is 30.4 Å². The van der Waals surface area contributed by atoms with Gasteiger partial charge in [0.2, 0.25) is 0 Å². The van der Waals surface area contributed by atoms with Crippen LogP contribution in [0.1, 0.15) is 18.9 Å². The van der Waals surface area contributed by atoms with Crippen molar-refractivity contribution in [3.05, 3.63) is 42.0 Å². The van der Waals surface area contributed by atoms with Gasteiger partial charge in [-0.25, -0.2) is 0 Å². The highest BCUT2D eigenvalue weighted by molar-refractivity contribution is 7.85. The lowest BCUT2D eigenvalue weighted by Gasteiger charge is -2.27. The van der Waals surface area contributed by atoms with E-state index in [-0.39, 0.29) is 17.1 Å². The average molecular weight is 259 g/mol. The van der Waals surface area contributed by atoms with E-state index in [4.69, 9.17) is 0 Å². The lowest BCUT2D eigenvalue weighted by Crippen LogP contribution is -2.31. The zero-order chi connectivity index (χ0) is 13.1. The molecule has 0 saturated heterocycles. The van der Waals surface area contributed by atoms with Gasteiger partial charge in [0.1, 0.15) is 0 Å². The second-order valence-electron chi connectivity index (χ2n) is 4.83. The van der Waals surface area contributed by atoms with Gasteiger partial charge >= 0.3 is 0 Å². The van der Waals surface area contributed by atoms with Crippen LogP contribution < -0.4 is 0 Å². The first-order valence-electron chi connectivity index (χ1n) is 6.17. The van der Waals surface area contributed by atoms with Crippen LogP contribution in [0.25, 0.3) is 0 Å². The predicted octanol–water partition coefficient (Wildman–Crippen LogP) is 3.21. The number of aryl methyl sites for hydroxylation is 1. The summed E-state index contributed by atoms with van der Waals surface area (Å²) in [6.07, 6.45) is 4.83. The third-order valence-corrected chi connectivity index (χ3v) is 5.22. The topological polar surface area (TPSA) is 40.9 Å². The molecule has 0 amide bonds. The van der Waals surface area contributed by atoms with E-state index in [1.165, 1.54) is 0 Å². The second kappa shape index (κ2) is 5.49. The molecule has 0 bridgehead atoms. The Morgan fingerprint density at radius 2 is 2.00 bits per heavy atom. The Morgan fingerprint density at radius 3 is 2.61 bits per heavy atom. The Labute approximate surface area is 111 Å². The van der Waals surface area contributed by atoms with Crippen LogP contribution >= 0.6 is 0 Å². The van der Waals surface area contributed by atoms with Gasteiger partial charge in [0.25, 0.3) is 0 Å². The molecule has 1 aliphatic rings. The second-order valence-corrected chi connectivity index (χ2v) is 6.50. The Morgan fingerprint density at radius 1 is 1.33 bits per heavy atom. The summed E-state index contributed by atoms with van der Waals surface area (Å²) in [7, 11) is -1.10. The molecule has 2 nitrogen and oxygen atoms in total. The van der Waals surface area contributed by atoms with Crippen LogP contribution in [0.3, 0.4) is 0 Å². The molecular weight excluding hydrogens is 242 g/mol. The third kappa shape index (κ3) is 2.54. The van der Waals surface area contributed by atoms with Gasteiger partial charge in [-0.15, -0.1) is 0 Å². The summed E-state index contributed by atoms with van der Waals surface area (Å²) in [5, 5.41) is 9.17. The lowest BCUT2D eigenvalue weighted by atomic mass is 9.86. The van der Waals surface area contributed by atoms with E-state index in [0.717, 1.165) is 16.9 Å². The van der Waals surface area contributed by atoms with Crippen LogP contribution in [0.5, 0.6) is 0 Å². The molecule has 4 atom stereocenters. The molecule has 0 spiro atoms. The quantitative estimate of drug-likeness (QED) is 0.765. The Kier molecular flexibility index (Phi) is 3.98. The van der Waals surface area contributed by atoms with Crippen LogP contribution in [-0.2, 0) is 10.8 Å². The molecule has 0 aliphatic heterocycles. The van der Waals surface area contributed by atoms with Gasteiger partial charge in [0, 0.05) is 4.90 Å². The maximum Gasteiger partial charge on any atom is 0.0674 e. The zero-order valence-corrected chi connectivity index (χ0v) is 11.5. The highest BCUT2D eigenvalue weighted by atomic mass is 32.2. The van der Waals surface area contributed by atoms with E-state index in [2.05, 4.69) is 18.2 Å². The first kappa shape index (κ1) is 13.0. The molecular formula is C15H17NOS. The van der Waals surface area contributed by atoms with Crippen molar-refractivity contribution in [1.29, 1.82) is 5.26 Å². The van der Waals surface area contributed by atoms with Gasteiger partial charge in [0.05, 0.1) is 28.0 Å². The molecule has 0 aromatic heterocycles. The van der Waals surface area contributed by atoms with Crippen molar-refractivity contribution in [2.75, 3.05) is 0 Å². The molecule has 0 radical (unpaired) electrons. The minimum Gasteiger partial charge on any atom is -0.254 e. The molecule has 1 unspecified atom stereocenters. The normalized spacial score (nSPS) is 28.6. The third-order valence-electron chi connectivity index (χ3n) is 3.45. The van der Waals surface area contributed by atoms with Crippen LogP contribution in [0, 0.1) is 30.1 Å². The molecule has 1 aromatic carbocycles. The molecule has 1 aliphatic carbocycles. The van der Waals surface area contributed by atoms with Crippen molar-refractivity contribution in [2.24, 2.45) is 11.8 Å². The van der Waals surface area contributed by atoms with Crippen molar-refractivity contribution >= 4 is 10.8 Å². The van der Waals surface area contributed by atoms with E-state index >= 15 is 0 Å². The van der Waals surface area contributed by atoms with E-state index in [1.807, 2.05) is 38.1 Å². The summed E-state index contributed by atoms with van der Waals surface area (Å²) >= 11 is 0. The Balaban J connectivity index is 2.26. The van der Waals surface area contributed by atoms with Gasteiger partial charge < -0.3 is 0 Å². The zero-order valence-electron chi connectivity index (χ0n) is 10.7. The van der Waals surface area contributed by atoms with Gasteiger partial charge in [-0.05, 0) is 31.4 Å². The van der Waals surface area contributed by atoms with E-state index in [1.54, 1.807) is 0 Å². The molecule has 18 heavy (non-hydrogen) atoms. The summed E-state index contributed by atoms with van der Waals surface area (Å²) in [6, 6.07) is 10.1. The molecule has 94 valence electrons. The lowest BCUT2D eigenvalue weighted by molar-refractivity contribution is 0.472. The van der Waals surface area contributed by atoms with E-state index in [0.29, 0.717) is 0 Å². The molecule has 1 aromatic rings. The van der Waals surface area contributed by atoms with Crippen LogP contribution in [0.2, 0.25) is 0 Å². The van der Waals surface area contributed by atoms with E-state index in [9.17, 15) is 9.47 Å². The summed E-state index contributed by atoms with van der Waals surface area (Å²) in [5.41, 5.74) is 1.16. The molecule has 0 fully saturated rings. The van der Waals surface area contributed by atoms with Gasteiger partial charge in [-0.1, -0.05) is 36.8 Å². The van der Waals surface area contributed by atoms with Crippen LogP contribution in [-0.4, -0.2) is 9.46 Å². The van der Waals surface area contributed by atoms with Crippen molar-refractivity contribution < 1.29 is 4.21 Å². The minimum atomic E-state index is -1.10. The number of nitriles is 1. The fourth-order valence-electron chi connectivity index (χ4n) is 2.30. The summed E-state index contributed by atoms with van der Waals surface area (Å²) in [6.45, 7) is 4.03. The maximum atomic E-state index is 12.6. The Bertz CT molecular complexity index is 512. The molecule has 0 heterocycles. The first-order chi connectivity index (χ1) is 8.63. The molecule has 2 rings (SSSR count). The molecule has 0 saturated carbocycles. The minimum absolute atomic E-state index is 0.0855. The maximum absolute atomic E-state index is 12.6. The predicted molar refractivity (Wildman–Crippen MR) is 73.4 cm³/mol. The summed E-state index contributed by atoms with van der Waals surface area (Å²) in [5.74, 6) is 0.0280. The fourth-order valence-corrected chi connectivity index (χ4v) is 3.92. The number of benzene rings is 1. The first-order valence-corrected chi connectivity index (χ1v) is 7.38. The number of hydrogen-bond donors (Lipinski definition) is 0. The van der Waals surface area contributed by atoms with E-state index < -0.39 is 10.8 Å². The van der Waals surface area contributed by atoms with Crippen molar-refractivity contribution in [3.8, 4) is 6.07 Å². The van der Waals surface area contributed by atoms with Crippen molar-refractivity contribution in [1.82, 2.24) is 0 Å². The Hall–Kier alpha value is -1.40. The van der Waals surface area contributed by atoms with Gasteiger partial charge in [-0.3, -0.25) is 4.21 Å². The van der Waals surface area contributed by atoms with Gasteiger partial charge in [0.15, 0.2) is 0 Å². The monoisotopic (exact) mass is 259 g/mol. The number of rotatable bonds is 2. The molecule has 3 heteroatoms. The van der Waals surface area contributed by atoms with Crippen LogP contribution in [0.15, 0.2) is 41.3 Å². The number of allylic oxidation sites excluding steroid dienone is 2. The smallest absolute Gasteiger partial charge is 0.0674 e. The molecule has 0 N–H and O–H groups in total. The average Bonchev–Trinajstić information content (AvgIpc) is 2.38. The number of nitrogens with zero attached hydrogens (tertiary/aromatic N) is 1. The highest BCUT2D eigenvalue weighted by Crippen LogP contribution is 2.30. The van der Waals surface area contributed by atoms with Crippen LogP contribution in [0.4, 0.5) is 0 Å². The SMILES string of the molecule is Cc1ccc(S(=O)[C@H]2CC=C[C@@H](C)[C@H]2C#N)cc1. The largest absolute Gasteiger partial charge is 0.254 e. The fraction of sp³-hybridized carbons (Fsp3) is 0.400. The van der Waals surface area contributed by atoms with Crippen molar-refractivity contribution in [3.63, 3.8) is 0 Å². The van der Waals surface area contributed by atoms with Gasteiger partial charge in [-0.2, -0.15) is 5.26 Å².